The van der Waals surface area contributed by atoms with Gasteiger partial charge in [-0.3, -0.25) is 19.3 Å². The quantitative estimate of drug-likeness (QED) is 0.526. The summed E-state index contributed by atoms with van der Waals surface area (Å²) in [7, 11) is 1.40. The Morgan fingerprint density at radius 1 is 1.21 bits per heavy atom. The first kappa shape index (κ1) is 15.5. The van der Waals surface area contributed by atoms with Crippen LogP contribution in [0.1, 0.15) is 5.69 Å². The third kappa shape index (κ3) is 3.02. The van der Waals surface area contributed by atoms with Crippen molar-refractivity contribution in [2.75, 3.05) is 7.11 Å². The summed E-state index contributed by atoms with van der Waals surface area (Å²) >= 11 is 0. The summed E-state index contributed by atoms with van der Waals surface area (Å²) in [5.41, 5.74) is 0.655. The third-order valence-electron chi connectivity index (χ3n) is 3.36. The average molecular weight is 327 g/mol. The first-order valence-electron chi connectivity index (χ1n) is 7.01. The van der Waals surface area contributed by atoms with E-state index in [1.54, 1.807) is 24.4 Å². The van der Waals surface area contributed by atoms with Gasteiger partial charge in [0.1, 0.15) is 12.3 Å². The predicted octanol–water partition coefficient (Wildman–Crippen LogP) is 2.19. The van der Waals surface area contributed by atoms with Crippen LogP contribution in [0, 0.1) is 10.1 Å². The van der Waals surface area contributed by atoms with E-state index in [0.29, 0.717) is 17.1 Å². The topological polar surface area (TPSA) is 96.0 Å². The number of rotatable bonds is 5. The molecule has 1 aromatic carbocycles. The molecule has 0 saturated carbocycles. The second kappa shape index (κ2) is 6.37. The summed E-state index contributed by atoms with van der Waals surface area (Å²) in [5, 5.41) is 10.8. The summed E-state index contributed by atoms with van der Waals surface area (Å²) in [4.78, 5) is 26.6. The molecule has 0 N–H and O–H groups in total. The van der Waals surface area contributed by atoms with E-state index in [1.807, 2.05) is 0 Å². The van der Waals surface area contributed by atoms with E-state index in [4.69, 9.17) is 9.47 Å². The van der Waals surface area contributed by atoms with Crippen LogP contribution in [-0.4, -0.2) is 21.4 Å². The number of nitro groups is 1. The van der Waals surface area contributed by atoms with E-state index < -0.39 is 4.92 Å². The van der Waals surface area contributed by atoms with Crippen molar-refractivity contribution in [1.82, 2.24) is 9.38 Å². The van der Waals surface area contributed by atoms with E-state index in [9.17, 15) is 14.9 Å². The highest BCUT2D eigenvalue weighted by molar-refractivity contribution is 5.48. The van der Waals surface area contributed by atoms with Crippen molar-refractivity contribution < 1.29 is 14.4 Å². The molecule has 122 valence electrons. The molecule has 8 heteroatoms. The second-order valence-electron chi connectivity index (χ2n) is 4.90. The lowest BCUT2D eigenvalue weighted by atomic mass is 10.3. The normalized spacial score (nSPS) is 10.5. The molecule has 8 nitrogen and oxygen atoms in total. The fraction of sp³-hybridized carbons (Fsp3) is 0.125. The molecule has 24 heavy (non-hydrogen) atoms. The second-order valence-corrected chi connectivity index (χ2v) is 4.90. The molecule has 0 fully saturated rings. The monoisotopic (exact) mass is 327 g/mol. The maximum absolute atomic E-state index is 12.0. The van der Waals surface area contributed by atoms with Gasteiger partial charge in [-0.05, 0) is 18.2 Å². The highest BCUT2D eigenvalue weighted by Crippen LogP contribution is 2.31. The van der Waals surface area contributed by atoms with Crippen molar-refractivity contribution in [3.63, 3.8) is 0 Å². The van der Waals surface area contributed by atoms with Gasteiger partial charge in [-0.1, -0.05) is 6.07 Å². The number of methoxy groups -OCH3 is 1. The molecule has 0 unspecified atom stereocenters. The minimum absolute atomic E-state index is 0.0365. The summed E-state index contributed by atoms with van der Waals surface area (Å²) in [6, 6.07) is 10.7. The van der Waals surface area contributed by atoms with Gasteiger partial charge in [0.05, 0.1) is 23.8 Å². The number of aromatic nitrogens is 2. The van der Waals surface area contributed by atoms with Crippen molar-refractivity contribution in [2.24, 2.45) is 0 Å². The van der Waals surface area contributed by atoms with Gasteiger partial charge < -0.3 is 9.47 Å². The molecule has 2 aromatic heterocycles. The third-order valence-corrected chi connectivity index (χ3v) is 3.36. The SMILES string of the molecule is COc1cc([N+](=O)[O-])ccc1OCc1cc(=O)n2ccccc2n1. The Labute approximate surface area is 136 Å². The van der Waals surface area contributed by atoms with Gasteiger partial charge in [0, 0.05) is 18.3 Å². The van der Waals surface area contributed by atoms with Gasteiger partial charge in [-0.2, -0.15) is 0 Å². The van der Waals surface area contributed by atoms with Gasteiger partial charge in [0.15, 0.2) is 11.5 Å². The lowest BCUT2D eigenvalue weighted by molar-refractivity contribution is -0.385. The summed E-state index contributed by atoms with van der Waals surface area (Å²) < 4.78 is 12.1. The molecule has 0 radical (unpaired) electrons. The molecular formula is C16H13N3O5. The van der Waals surface area contributed by atoms with Gasteiger partial charge in [-0.15, -0.1) is 0 Å². The lowest BCUT2D eigenvalue weighted by Crippen LogP contribution is -2.16. The zero-order valence-corrected chi connectivity index (χ0v) is 12.7. The van der Waals surface area contributed by atoms with E-state index in [2.05, 4.69) is 4.98 Å². The van der Waals surface area contributed by atoms with E-state index in [0.717, 1.165) is 0 Å². The zero-order chi connectivity index (χ0) is 17.1. The number of pyridine rings is 1. The fourth-order valence-corrected chi connectivity index (χ4v) is 2.22. The molecule has 3 rings (SSSR count). The lowest BCUT2D eigenvalue weighted by Gasteiger charge is -2.10. The van der Waals surface area contributed by atoms with E-state index in [1.165, 1.54) is 35.8 Å². The highest BCUT2D eigenvalue weighted by atomic mass is 16.6. The van der Waals surface area contributed by atoms with E-state index >= 15 is 0 Å². The van der Waals surface area contributed by atoms with Gasteiger partial charge in [-0.25, -0.2) is 4.98 Å². The Balaban J connectivity index is 1.86. The van der Waals surface area contributed by atoms with Crippen LogP contribution in [0.4, 0.5) is 5.69 Å². The largest absolute Gasteiger partial charge is 0.493 e. The number of nitrogens with zero attached hydrogens (tertiary/aromatic N) is 3. The Morgan fingerprint density at radius 3 is 2.79 bits per heavy atom. The van der Waals surface area contributed by atoms with Crippen LogP contribution in [0.25, 0.3) is 5.65 Å². The Kier molecular flexibility index (Phi) is 4.11. The number of nitro benzene ring substituents is 1. The van der Waals surface area contributed by atoms with Crippen molar-refractivity contribution in [1.29, 1.82) is 0 Å². The molecule has 0 aliphatic rings. The molecule has 3 aromatic rings. The first-order valence-corrected chi connectivity index (χ1v) is 7.01. The molecule has 2 heterocycles. The zero-order valence-electron chi connectivity index (χ0n) is 12.7. The first-order chi connectivity index (χ1) is 11.6. The summed E-state index contributed by atoms with van der Waals surface area (Å²) in [6.07, 6.45) is 1.63. The van der Waals surface area contributed by atoms with Gasteiger partial charge >= 0.3 is 0 Å². The smallest absolute Gasteiger partial charge is 0.273 e. The fourth-order valence-electron chi connectivity index (χ4n) is 2.22. The minimum Gasteiger partial charge on any atom is -0.493 e. The predicted molar refractivity (Wildman–Crippen MR) is 85.4 cm³/mol. The van der Waals surface area contributed by atoms with Crippen molar-refractivity contribution >= 4 is 11.3 Å². The maximum Gasteiger partial charge on any atom is 0.273 e. The van der Waals surface area contributed by atoms with Crippen LogP contribution >= 0.6 is 0 Å². The van der Waals surface area contributed by atoms with Gasteiger partial charge in [0.2, 0.25) is 0 Å². The molecule has 0 spiro atoms. The van der Waals surface area contributed by atoms with Crippen LogP contribution < -0.4 is 15.0 Å². The van der Waals surface area contributed by atoms with Crippen molar-refractivity contribution in [3.05, 3.63) is 74.8 Å². The summed E-state index contributed by atoms with van der Waals surface area (Å²) in [6.45, 7) is 0.0365. The molecule has 0 atom stereocenters. The molecule has 0 saturated heterocycles. The van der Waals surface area contributed by atoms with Crippen LogP contribution in [-0.2, 0) is 6.61 Å². The Hall–Kier alpha value is -3.42. The van der Waals surface area contributed by atoms with Crippen LogP contribution in [0.2, 0.25) is 0 Å². The number of fused-ring (bicyclic) bond motifs is 1. The average Bonchev–Trinajstić information content (AvgIpc) is 2.59. The van der Waals surface area contributed by atoms with E-state index in [-0.39, 0.29) is 23.6 Å². The number of hydrogen-bond acceptors (Lipinski definition) is 6. The summed E-state index contributed by atoms with van der Waals surface area (Å²) in [5.74, 6) is 0.569. The number of ether oxygens (including phenoxy) is 2. The van der Waals surface area contributed by atoms with Crippen molar-refractivity contribution in [3.8, 4) is 11.5 Å². The highest BCUT2D eigenvalue weighted by Gasteiger charge is 2.13. The van der Waals surface area contributed by atoms with Crippen molar-refractivity contribution in [2.45, 2.75) is 6.61 Å². The standard InChI is InChI=1S/C16H13N3O5/c1-23-14-9-12(19(21)22)5-6-13(14)24-10-11-8-16(20)18-7-3-2-4-15(18)17-11/h2-9H,10H2,1H3. The van der Waals surface area contributed by atoms with Crippen LogP contribution in [0.15, 0.2) is 53.5 Å². The molecule has 0 aliphatic heterocycles. The Morgan fingerprint density at radius 2 is 2.04 bits per heavy atom. The number of hydrogen-bond donors (Lipinski definition) is 0. The molecule has 0 bridgehead atoms. The van der Waals surface area contributed by atoms with Crippen LogP contribution in [0.3, 0.4) is 0 Å². The molecule has 0 amide bonds. The maximum atomic E-state index is 12.0. The Bertz CT molecular complexity index is 967. The minimum atomic E-state index is -0.516. The number of benzene rings is 1. The molecule has 0 aliphatic carbocycles. The molecular weight excluding hydrogens is 314 g/mol. The van der Waals surface area contributed by atoms with Crippen LogP contribution in [0.5, 0.6) is 11.5 Å². The van der Waals surface area contributed by atoms with Gasteiger partial charge in [0.25, 0.3) is 11.2 Å². The number of non-ortho nitro benzene ring substituents is 1.